The van der Waals surface area contributed by atoms with E-state index in [1.54, 1.807) is 12.4 Å². The SMILES string of the molecule is O=C(Nc1cc2cc(-c3cnco3)ccc2cn1)C1CCCNC1. The van der Waals surface area contributed by atoms with Crippen LogP contribution in [0.2, 0.25) is 0 Å². The van der Waals surface area contributed by atoms with Crippen molar-refractivity contribution in [2.45, 2.75) is 12.8 Å². The fourth-order valence-corrected chi connectivity index (χ4v) is 3.02. The van der Waals surface area contributed by atoms with Gasteiger partial charge in [0.1, 0.15) is 5.82 Å². The molecule has 0 radical (unpaired) electrons. The van der Waals surface area contributed by atoms with Crippen LogP contribution in [0.4, 0.5) is 5.82 Å². The quantitative estimate of drug-likeness (QED) is 0.775. The molecule has 122 valence electrons. The topological polar surface area (TPSA) is 80.1 Å². The second-order valence-corrected chi connectivity index (χ2v) is 6.03. The van der Waals surface area contributed by atoms with Gasteiger partial charge in [-0.25, -0.2) is 9.97 Å². The summed E-state index contributed by atoms with van der Waals surface area (Å²) in [5.74, 6) is 1.33. The Bertz CT molecular complexity index is 855. The van der Waals surface area contributed by atoms with Crippen LogP contribution in [-0.4, -0.2) is 29.0 Å². The van der Waals surface area contributed by atoms with Gasteiger partial charge < -0.3 is 15.1 Å². The molecule has 1 amide bonds. The van der Waals surface area contributed by atoms with E-state index in [0.29, 0.717) is 11.6 Å². The first-order chi connectivity index (χ1) is 11.8. The fourth-order valence-electron chi connectivity index (χ4n) is 3.02. The Hall–Kier alpha value is -2.73. The second kappa shape index (κ2) is 6.41. The summed E-state index contributed by atoms with van der Waals surface area (Å²) in [7, 11) is 0. The van der Waals surface area contributed by atoms with Crippen molar-refractivity contribution in [3.8, 4) is 11.3 Å². The number of amides is 1. The van der Waals surface area contributed by atoms with E-state index in [1.165, 1.54) is 6.39 Å². The molecule has 0 aliphatic carbocycles. The molecule has 1 aromatic carbocycles. The summed E-state index contributed by atoms with van der Waals surface area (Å²) >= 11 is 0. The molecule has 3 aromatic rings. The summed E-state index contributed by atoms with van der Waals surface area (Å²) in [5.41, 5.74) is 0.944. The second-order valence-electron chi connectivity index (χ2n) is 6.03. The maximum Gasteiger partial charge on any atom is 0.229 e. The van der Waals surface area contributed by atoms with Crippen LogP contribution in [0.5, 0.6) is 0 Å². The van der Waals surface area contributed by atoms with E-state index in [2.05, 4.69) is 20.6 Å². The molecule has 24 heavy (non-hydrogen) atoms. The summed E-state index contributed by atoms with van der Waals surface area (Å²) in [5, 5.41) is 8.19. The highest BCUT2D eigenvalue weighted by molar-refractivity contribution is 5.95. The van der Waals surface area contributed by atoms with Gasteiger partial charge in [0.05, 0.1) is 12.1 Å². The molecule has 3 heterocycles. The van der Waals surface area contributed by atoms with Gasteiger partial charge in [-0.3, -0.25) is 4.79 Å². The predicted molar refractivity (Wildman–Crippen MR) is 91.5 cm³/mol. The third-order valence-corrected chi connectivity index (χ3v) is 4.36. The number of hydrogen-bond donors (Lipinski definition) is 2. The lowest BCUT2D eigenvalue weighted by Crippen LogP contribution is -2.37. The van der Waals surface area contributed by atoms with Crippen molar-refractivity contribution in [2.24, 2.45) is 5.92 Å². The molecule has 1 fully saturated rings. The third kappa shape index (κ3) is 3.00. The van der Waals surface area contributed by atoms with Crippen LogP contribution in [0.1, 0.15) is 12.8 Å². The minimum Gasteiger partial charge on any atom is -0.444 e. The zero-order valence-electron chi connectivity index (χ0n) is 13.2. The summed E-state index contributed by atoms with van der Waals surface area (Å²) in [6, 6.07) is 7.85. The molecule has 2 aromatic heterocycles. The number of nitrogens with zero attached hydrogens (tertiary/aromatic N) is 2. The number of rotatable bonds is 3. The number of nitrogens with one attached hydrogen (secondary N) is 2. The number of oxazole rings is 1. The normalized spacial score (nSPS) is 17.8. The monoisotopic (exact) mass is 322 g/mol. The summed E-state index contributed by atoms with van der Waals surface area (Å²) in [6.07, 6.45) is 6.82. The highest BCUT2D eigenvalue weighted by Gasteiger charge is 2.21. The third-order valence-electron chi connectivity index (χ3n) is 4.36. The van der Waals surface area contributed by atoms with E-state index >= 15 is 0 Å². The van der Waals surface area contributed by atoms with Gasteiger partial charge in [-0.15, -0.1) is 0 Å². The van der Waals surface area contributed by atoms with Crippen molar-refractivity contribution in [3.63, 3.8) is 0 Å². The molecule has 1 unspecified atom stereocenters. The maximum atomic E-state index is 12.3. The van der Waals surface area contributed by atoms with E-state index < -0.39 is 0 Å². The summed E-state index contributed by atoms with van der Waals surface area (Å²) < 4.78 is 5.34. The van der Waals surface area contributed by atoms with Crippen molar-refractivity contribution in [1.29, 1.82) is 0 Å². The van der Waals surface area contributed by atoms with Gasteiger partial charge in [0, 0.05) is 23.7 Å². The first-order valence-corrected chi connectivity index (χ1v) is 8.10. The van der Waals surface area contributed by atoms with Crippen LogP contribution in [0.15, 0.2) is 47.5 Å². The van der Waals surface area contributed by atoms with E-state index in [1.807, 2.05) is 24.3 Å². The molecular weight excluding hydrogens is 304 g/mol. The Balaban J connectivity index is 1.58. The van der Waals surface area contributed by atoms with Crippen LogP contribution < -0.4 is 10.6 Å². The smallest absolute Gasteiger partial charge is 0.229 e. The number of hydrogen-bond acceptors (Lipinski definition) is 5. The highest BCUT2D eigenvalue weighted by Crippen LogP contribution is 2.25. The van der Waals surface area contributed by atoms with Crippen molar-refractivity contribution in [1.82, 2.24) is 15.3 Å². The van der Waals surface area contributed by atoms with Crippen LogP contribution in [0.25, 0.3) is 22.1 Å². The van der Waals surface area contributed by atoms with Crippen molar-refractivity contribution < 1.29 is 9.21 Å². The van der Waals surface area contributed by atoms with Crippen LogP contribution in [0, 0.1) is 5.92 Å². The van der Waals surface area contributed by atoms with Crippen LogP contribution in [-0.2, 0) is 4.79 Å². The van der Waals surface area contributed by atoms with E-state index in [9.17, 15) is 4.79 Å². The molecule has 2 N–H and O–H groups in total. The molecule has 1 aliphatic heterocycles. The van der Waals surface area contributed by atoms with Crippen LogP contribution in [0.3, 0.4) is 0 Å². The Morgan fingerprint density at radius 3 is 3.00 bits per heavy atom. The number of piperidine rings is 1. The molecule has 6 heteroatoms. The van der Waals surface area contributed by atoms with Crippen LogP contribution >= 0.6 is 0 Å². The Labute approximate surface area is 139 Å². The number of benzene rings is 1. The Morgan fingerprint density at radius 2 is 2.21 bits per heavy atom. The summed E-state index contributed by atoms with van der Waals surface area (Å²) in [4.78, 5) is 20.6. The van der Waals surface area contributed by atoms with Crippen molar-refractivity contribution in [3.05, 3.63) is 43.1 Å². The first-order valence-electron chi connectivity index (χ1n) is 8.10. The largest absolute Gasteiger partial charge is 0.444 e. The molecule has 0 bridgehead atoms. The minimum absolute atomic E-state index is 0.0109. The molecule has 1 aliphatic rings. The molecule has 6 nitrogen and oxygen atoms in total. The Morgan fingerprint density at radius 1 is 1.25 bits per heavy atom. The van der Waals surface area contributed by atoms with E-state index in [0.717, 1.165) is 42.3 Å². The van der Waals surface area contributed by atoms with Gasteiger partial charge >= 0.3 is 0 Å². The lowest BCUT2D eigenvalue weighted by Gasteiger charge is -2.21. The van der Waals surface area contributed by atoms with Crippen molar-refractivity contribution in [2.75, 3.05) is 18.4 Å². The maximum absolute atomic E-state index is 12.3. The van der Waals surface area contributed by atoms with Gasteiger partial charge in [-0.1, -0.05) is 12.1 Å². The molecule has 0 saturated carbocycles. The first kappa shape index (κ1) is 14.8. The van der Waals surface area contributed by atoms with Gasteiger partial charge in [0.2, 0.25) is 5.91 Å². The molecule has 0 spiro atoms. The molecular formula is C18H18N4O2. The number of aromatic nitrogens is 2. The average molecular weight is 322 g/mol. The van der Waals surface area contributed by atoms with E-state index in [-0.39, 0.29) is 11.8 Å². The zero-order chi connectivity index (χ0) is 16.4. The van der Waals surface area contributed by atoms with Gasteiger partial charge in [-0.2, -0.15) is 0 Å². The zero-order valence-corrected chi connectivity index (χ0v) is 13.2. The highest BCUT2D eigenvalue weighted by atomic mass is 16.3. The lowest BCUT2D eigenvalue weighted by atomic mass is 9.99. The van der Waals surface area contributed by atoms with Crippen molar-refractivity contribution >= 4 is 22.5 Å². The minimum atomic E-state index is 0.0109. The predicted octanol–water partition coefficient (Wildman–Crippen LogP) is 2.83. The summed E-state index contributed by atoms with van der Waals surface area (Å²) in [6.45, 7) is 1.72. The molecule has 1 saturated heterocycles. The average Bonchev–Trinajstić information content (AvgIpc) is 3.16. The fraction of sp³-hybridized carbons (Fsp3) is 0.278. The molecule has 1 atom stereocenters. The van der Waals surface area contributed by atoms with E-state index in [4.69, 9.17) is 4.42 Å². The lowest BCUT2D eigenvalue weighted by molar-refractivity contribution is -0.120. The standard InChI is InChI=1S/C18H18N4O2/c23-18(14-2-1-5-19-8-14)22-17-7-15-6-12(16-10-20-11-24-16)3-4-13(15)9-21-17/h3-4,6-7,9-11,14,19H,1-2,5,8H2,(H,21,22,23). The number of carbonyl (C=O) groups is 1. The number of carbonyl (C=O) groups excluding carboxylic acids is 1. The number of fused-ring (bicyclic) bond motifs is 1. The Kier molecular flexibility index (Phi) is 3.96. The number of pyridine rings is 1. The van der Waals surface area contributed by atoms with Gasteiger partial charge in [0.15, 0.2) is 12.2 Å². The van der Waals surface area contributed by atoms with Gasteiger partial charge in [0.25, 0.3) is 0 Å². The molecule has 4 rings (SSSR count). The van der Waals surface area contributed by atoms with Gasteiger partial charge in [-0.05, 0) is 36.9 Å². The number of anilines is 1.